The lowest BCUT2D eigenvalue weighted by Gasteiger charge is -2.33. The summed E-state index contributed by atoms with van der Waals surface area (Å²) < 4.78 is 7.22. The van der Waals surface area contributed by atoms with Crippen LogP contribution in [0.25, 0.3) is 16.6 Å². The zero-order valence-corrected chi connectivity index (χ0v) is 19.1. The summed E-state index contributed by atoms with van der Waals surface area (Å²) in [6.45, 7) is 6.63. The fourth-order valence-corrected chi connectivity index (χ4v) is 4.18. The molecule has 3 heterocycles. The van der Waals surface area contributed by atoms with Crippen molar-refractivity contribution in [3.8, 4) is 0 Å². The Hall–Kier alpha value is -3.36. The Labute approximate surface area is 185 Å². The summed E-state index contributed by atoms with van der Waals surface area (Å²) in [6, 6.07) is 6.95. The Bertz CT molecular complexity index is 1240. The van der Waals surface area contributed by atoms with Crippen molar-refractivity contribution in [1.82, 2.24) is 24.4 Å². The van der Waals surface area contributed by atoms with Gasteiger partial charge in [0.1, 0.15) is 11.2 Å². The van der Waals surface area contributed by atoms with E-state index >= 15 is 0 Å². The first-order valence-corrected chi connectivity index (χ1v) is 10.8. The molecular formula is C23H29N5O4. The molecule has 0 bridgehead atoms. The molecule has 0 spiro atoms. The molecule has 1 aromatic carbocycles. The van der Waals surface area contributed by atoms with Crippen LogP contribution >= 0.6 is 0 Å². The number of carbonyl (C=O) groups is 2. The molecule has 2 amide bonds. The van der Waals surface area contributed by atoms with Gasteiger partial charge in [-0.15, -0.1) is 0 Å². The van der Waals surface area contributed by atoms with Gasteiger partial charge in [-0.1, -0.05) is 6.07 Å². The third-order valence-corrected chi connectivity index (χ3v) is 5.67. The van der Waals surface area contributed by atoms with Crippen LogP contribution in [-0.4, -0.2) is 69.2 Å². The molecule has 1 aliphatic heterocycles. The average molecular weight is 440 g/mol. The molecule has 9 heteroatoms. The molecule has 3 aromatic rings. The van der Waals surface area contributed by atoms with Crippen molar-refractivity contribution in [3.05, 3.63) is 45.9 Å². The maximum Gasteiger partial charge on any atom is 0.410 e. The quantitative estimate of drug-likeness (QED) is 0.662. The lowest BCUT2D eigenvalue weighted by molar-refractivity contribution is 0.0203. The smallest absolute Gasteiger partial charge is 0.410 e. The molecule has 0 saturated carbocycles. The second-order valence-corrected chi connectivity index (χ2v) is 9.46. The van der Waals surface area contributed by atoms with Crippen LogP contribution in [0.3, 0.4) is 0 Å². The molecule has 32 heavy (non-hydrogen) atoms. The number of nitrogens with one attached hydrogen (secondary N) is 1. The van der Waals surface area contributed by atoms with Crippen molar-refractivity contribution in [2.24, 2.45) is 0 Å². The monoisotopic (exact) mass is 439 g/mol. The normalized spacial score (nSPS) is 15.3. The molecule has 0 aliphatic carbocycles. The summed E-state index contributed by atoms with van der Waals surface area (Å²) in [7, 11) is 3.39. The van der Waals surface area contributed by atoms with Gasteiger partial charge in [-0.2, -0.15) is 5.10 Å². The molecule has 9 nitrogen and oxygen atoms in total. The summed E-state index contributed by atoms with van der Waals surface area (Å²) in [5, 5.41) is 5.34. The first-order chi connectivity index (χ1) is 15.0. The van der Waals surface area contributed by atoms with Crippen LogP contribution in [-0.2, 0) is 4.74 Å². The van der Waals surface area contributed by atoms with E-state index in [9.17, 15) is 14.4 Å². The largest absolute Gasteiger partial charge is 0.444 e. The van der Waals surface area contributed by atoms with Gasteiger partial charge in [0.25, 0.3) is 11.5 Å². The maximum atomic E-state index is 12.7. The standard InChI is InChI=1S/C23H29N5O4/c1-23(2,3)32-22(31)27-11-9-14(10-12-27)17-13-18(29)24-20-19-15(21(30)26(4)5)7-6-8-16(19)25-28(17)20/h6-8,13-14H,9-12H2,1-5H3,(H,24,29). The van der Waals surface area contributed by atoms with Crippen LogP contribution in [0.15, 0.2) is 29.1 Å². The van der Waals surface area contributed by atoms with E-state index < -0.39 is 5.60 Å². The Morgan fingerprint density at radius 2 is 1.88 bits per heavy atom. The summed E-state index contributed by atoms with van der Waals surface area (Å²) in [6.07, 6.45) is 1.07. The number of rotatable bonds is 2. The van der Waals surface area contributed by atoms with Crippen LogP contribution in [0.5, 0.6) is 0 Å². The SMILES string of the molecule is CN(C)C(=O)c1cccc2nn3c(C4CCN(C(=O)OC(C)(C)C)CC4)cc(=O)[nH]c3c12. The Kier molecular flexibility index (Phi) is 5.44. The lowest BCUT2D eigenvalue weighted by atomic mass is 9.93. The Morgan fingerprint density at radius 3 is 2.50 bits per heavy atom. The number of likely N-dealkylation sites (tertiary alicyclic amines) is 1. The molecule has 0 unspecified atom stereocenters. The van der Waals surface area contributed by atoms with Gasteiger partial charge in [-0.25, -0.2) is 9.31 Å². The number of carbonyl (C=O) groups excluding carboxylic acids is 2. The summed E-state index contributed by atoms with van der Waals surface area (Å²) in [5.74, 6) is -0.0942. The number of piperidine rings is 1. The number of nitrogens with zero attached hydrogens (tertiary/aromatic N) is 4. The fourth-order valence-electron chi connectivity index (χ4n) is 4.18. The van der Waals surface area contributed by atoms with Gasteiger partial charge in [-0.05, 0) is 45.7 Å². The van der Waals surface area contributed by atoms with E-state index in [1.54, 1.807) is 41.7 Å². The predicted molar refractivity (Wildman–Crippen MR) is 121 cm³/mol. The number of aromatic amines is 1. The van der Waals surface area contributed by atoms with E-state index in [0.29, 0.717) is 48.0 Å². The van der Waals surface area contributed by atoms with Crippen molar-refractivity contribution in [2.45, 2.75) is 45.1 Å². The van der Waals surface area contributed by atoms with Gasteiger partial charge in [0.05, 0.1) is 22.2 Å². The van der Waals surface area contributed by atoms with Gasteiger partial charge in [-0.3, -0.25) is 9.59 Å². The molecule has 1 saturated heterocycles. The van der Waals surface area contributed by atoms with E-state index in [1.807, 2.05) is 26.8 Å². The zero-order valence-electron chi connectivity index (χ0n) is 19.1. The van der Waals surface area contributed by atoms with Crippen molar-refractivity contribution in [1.29, 1.82) is 0 Å². The Morgan fingerprint density at radius 1 is 1.19 bits per heavy atom. The van der Waals surface area contributed by atoms with Gasteiger partial charge >= 0.3 is 6.09 Å². The number of benzene rings is 1. The summed E-state index contributed by atoms with van der Waals surface area (Å²) in [4.78, 5) is 43.8. The highest BCUT2D eigenvalue weighted by Gasteiger charge is 2.29. The fraction of sp³-hybridized carbons (Fsp3) is 0.478. The van der Waals surface area contributed by atoms with E-state index in [0.717, 1.165) is 5.69 Å². The van der Waals surface area contributed by atoms with Crippen LogP contribution in [0.4, 0.5) is 4.79 Å². The second kappa shape index (κ2) is 7.96. The Balaban J connectivity index is 1.70. The molecule has 1 aliphatic rings. The number of hydrogen-bond donors (Lipinski definition) is 1. The minimum atomic E-state index is -0.538. The van der Waals surface area contributed by atoms with Crippen LogP contribution in [0, 0.1) is 0 Å². The van der Waals surface area contributed by atoms with Crippen molar-refractivity contribution < 1.29 is 14.3 Å². The topological polar surface area (TPSA) is 100 Å². The summed E-state index contributed by atoms with van der Waals surface area (Å²) >= 11 is 0. The number of H-pyrrole nitrogens is 1. The third-order valence-electron chi connectivity index (χ3n) is 5.67. The van der Waals surface area contributed by atoms with E-state index in [4.69, 9.17) is 9.84 Å². The molecule has 0 atom stereocenters. The molecule has 1 N–H and O–H groups in total. The number of ether oxygens (including phenoxy) is 1. The molecule has 4 rings (SSSR count). The highest BCUT2D eigenvalue weighted by Crippen LogP contribution is 2.31. The zero-order chi connectivity index (χ0) is 23.2. The van der Waals surface area contributed by atoms with E-state index in [1.165, 1.54) is 4.90 Å². The van der Waals surface area contributed by atoms with Crippen molar-refractivity contribution >= 4 is 28.6 Å². The molecule has 2 aromatic heterocycles. The molecule has 0 radical (unpaired) electrons. The van der Waals surface area contributed by atoms with Crippen LogP contribution in [0.2, 0.25) is 0 Å². The number of aromatic nitrogens is 3. The van der Waals surface area contributed by atoms with Crippen molar-refractivity contribution in [3.63, 3.8) is 0 Å². The van der Waals surface area contributed by atoms with Gasteiger partial charge < -0.3 is 19.5 Å². The van der Waals surface area contributed by atoms with Gasteiger partial charge in [0.15, 0.2) is 0 Å². The third kappa shape index (κ3) is 4.06. The first kappa shape index (κ1) is 21.9. The van der Waals surface area contributed by atoms with E-state index in [-0.39, 0.29) is 23.5 Å². The lowest BCUT2D eigenvalue weighted by Crippen LogP contribution is -2.41. The molecular weight excluding hydrogens is 410 g/mol. The number of hydrogen-bond acceptors (Lipinski definition) is 5. The minimum Gasteiger partial charge on any atom is -0.444 e. The minimum absolute atomic E-state index is 0.0563. The van der Waals surface area contributed by atoms with Crippen LogP contribution < -0.4 is 5.56 Å². The van der Waals surface area contributed by atoms with E-state index in [2.05, 4.69) is 4.98 Å². The highest BCUT2D eigenvalue weighted by molar-refractivity contribution is 6.11. The van der Waals surface area contributed by atoms with Gasteiger partial charge in [0, 0.05) is 39.2 Å². The van der Waals surface area contributed by atoms with Crippen LogP contribution in [0.1, 0.15) is 55.6 Å². The number of fused-ring (bicyclic) bond motifs is 3. The summed E-state index contributed by atoms with van der Waals surface area (Å²) in [5.41, 5.74) is 1.66. The highest BCUT2D eigenvalue weighted by atomic mass is 16.6. The molecule has 170 valence electrons. The second-order valence-electron chi connectivity index (χ2n) is 9.46. The molecule has 1 fully saturated rings. The van der Waals surface area contributed by atoms with Crippen molar-refractivity contribution in [2.75, 3.05) is 27.2 Å². The predicted octanol–water partition coefficient (Wildman–Crippen LogP) is 2.99. The average Bonchev–Trinajstić information content (AvgIpc) is 3.10. The maximum absolute atomic E-state index is 12.7. The van der Waals surface area contributed by atoms with Gasteiger partial charge in [0.2, 0.25) is 0 Å². The first-order valence-electron chi connectivity index (χ1n) is 10.8. The number of amides is 2.